The lowest BCUT2D eigenvalue weighted by Crippen LogP contribution is -2.04. The minimum absolute atomic E-state index is 0.915. The van der Waals surface area contributed by atoms with Crippen LogP contribution in [0.25, 0.3) is 0 Å². The summed E-state index contributed by atoms with van der Waals surface area (Å²) >= 11 is 3.67. The molecule has 0 saturated carbocycles. The highest BCUT2D eigenvalue weighted by molar-refractivity contribution is 7.98. The molecular formula is C14H18N2S2. The van der Waals surface area contributed by atoms with Gasteiger partial charge in [0.1, 0.15) is 5.01 Å². The molecule has 0 aliphatic carbocycles. The SMILES string of the molecule is CNCc1sc(CSc2cccc(C)c2)nc1C. The van der Waals surface area contributed by atoms with E-state index in [0.29, 0.717) is 0 Å². The van der Waals surface area contributed by atoms with Gasteiger partial charge < -0.3 is 5.32 Å². The highest BCUT2D eigenvalue weighted by atomic mass is 32.2. The van der Waals surface area contributed by atoms with Crippen molar-refractivity contribution in [2.45, 2.75) is 31.0 Å². The number of thiazole rings is 1. The predicted octanol–water partition coefficient (Wildman–Crippen LogP) is 3.77. The Morgan fingerprint density at radius 2 is 2.17 bits per heavy atom. The summed E-state index contributed by atoms with van der Waals surface area (Å²) in [6, 6.07) is 8.62. The Kier molecular flexibility index (Phi) is 4.80. The van der Waals surface area contributed by atoms with Crippen LogP contribution in [0.4, 0.5) is 0 Å². The maximum absolute atomic E-state index is 4.62. The summed E-state index contributed by atoms with van der Waals surface area (Å²) in [5.74, 6) is 0.957. The van der Waals surface area contributed by atoms with Crippen molar-refractivity contribution in [3.63, 3.8) is 0 Å². The summed E-state index contributed by atoms with van der Waals surface area (Å²) in [7, 11) is 1.97. The zero-order valence-corrected chi connectivity index (χ0v) is 12.6. The molecule has 2 aromatic rings. The molecule has 0 atom stereocenters. The van der Waals surface area contributed by atoms with Gasteiger partial charge in [-0.25, -0.2) is 4.98 Å². The molecule has 1 aromatic heterocycles. The molecule has 4 heteroatoms. The van der Waals surface area contributed by atoms with Gasteiger partial charge >= 0.3 is 0 Å². The fourth-order valence-corrected chi connectivity index (χ4v) is 3.81. The van der Waals surface area contributed by atoms with Crippen LogP contribution in [-0.4, -0.2) is 12.0 Å². The molecule has 0 unspecified atom stereocenters. The van der Waals surface area contributed by atoms with E-state index in [4.69, 9.17) is 0 Å². The topological polar surface area (TPSA) is 24.9 Å². The first-order valence-corrected chi connectivity index (χ1v) is 7.78. The summed E-state index contributed by atoms with van der Waals surface area (Å²) in [4.78, 5) is 7.29. The normalized spacial score (nSPS) is 10.8. The maximum atomic E-state index is 4.62. The van der Waals surface area contributed by atoms with E-state index in [1.54, 1.807) is 0 Å². The van der Waals surface area contributed by atoms with Crippen LogP contribution >= 0.6 is 23.1 Å². The van der Waals surface area contributed by atoms with Crippen LogP contribution in [0.2, 0.25) is 0 Å². The molecule has 0 radical (unpaired) electrons. The van der Waals surface area contributed by atoms with Gasteiger partial charge in [-0.15, -0.1) is 23.1 Å². The Hall–Kier alpha value is -0.840. The van der Waals surface area contributed by atoms with Crippen molar-refractivity contribution in [1.82, 2.24) is 10.3 Å². The molecule has 0 aliphatic rings. The lowest BCUT2D eigenvalue weighted by Gasteiger charge is -2.00. The lowest BCUT2D eigenvalue weighted by molar-refractivity contribution is 0.822. The Bertz CT molecular complexity index is 520. The molecule has 0 saturated heterocycles. The zero-order chi connectivity index (χ0) is 13.0. The molecule has 0 bridgehead atoms. The standard InChI is InChI=1S/C14H18N2S2/c1-10-5-4-6-12(7-10)17-9-14-16-11(2)13(18-14)8-15-3/h4-7,15H,8-9H2,1-3H3. The number of hydrogen-bond donors (Lipinski definition) is 1. The highest BCUT2D eigenvalue weighted by Crippen LogP contribution is 2.27. The smallest absolute Gasteiger partial charge is 0.103 e. The lowest BCUT2D eigenvalue weighted by atomic mass is 10.2. The van der Waals surface area contributed by atoms with Gasteiger partial charge in [0, 0.05) is 16.3 Å². The van der Waals surface area contributed by atoms with E-state index in [0.717, 1.165) is 18.0 Å². The minimum atomic E-state index is 0.915. The number of aryl methyl sites for hydroxylation is 2. The summed E-state index contributed by atoms with van der Waals surface area (Å²) < 4.78 is 0. The van der Waals surface area contributed by atoms with E-state index < -0.39 is 0 Å². The maximum Gasteiger partial charge on any atom is 0.103 e. The Balaban J connectivity index is 2.00. The van der Waals surface area contributed by atoms with E-state index >= 15 is 0 Å². The number of aromatic nitrogens is 1. The van der Waals surface area contributed by atoms with Crippen LogP contribution in [0.5, 0.6) is 0 Å². The van der Waals surface area contributed by atoms with Crippen LogP contribution < -0.4 is 5.32 Å². The monoisotopic (exact) mass is 278 g/mol. The molecule has 0 amide bonds. The highest BCUT2D eigenvalue weighted by Gasteiger charge is 2.07. The quantitative estimate of drug-likeness (QED) is 0.843. The third-order valence-electron chi connectivity index (χ3n) is 2.63. The summed E-state index contributed by atoms with van der Waals surface area (Å²) in [5, 5.41) is 4.40. The molecule has 96 valence electrons. The van der Waals surface area contributed by atoms with Crippen LogP contribution in [0.1, 0.15) is 21.1 Å². The first-order valence-electron chi connectivity index (χ1n) is 5.98. The number of hydrogen-bond acceptors (Lipinski definition) is 4. The second-order valence-electron chi connectivity index (χ2n) is 4.25. The molecule has 2 nitrogen and oxygen atoms in total. The van der Waals surface area contributed by atoms with Crippen LogP contribution in [0.15, 0.2) is 29.2 Å². The van der Waals surface area contributed by atoms with Crippen molar-refractivity contribution < 1.29 is 0 Å². The van der Waals surface area contributed by atoms with Crippen LogP contribution in [0, 0.1) is 13.8 Å². The molecule has 1 heterocycles. The van der Waals surface area contributed by atoms with Gasteiger partial charge in [0.05, 0.1) is 11.4 Å². The van der Waals surface area contributed by atoms with Gasteiger partial charge in [-0.3, -0.25) is 0 Å². The van der Waals surface area contributed by atoms with Crippen molar-refractivity contribution in [2.24, 2.45) is 0 Å². The first kappa shape index (κ1) is 13.6. The number of nitrogens with zero attached hydrogens (tertiary/aromatic N) is 1. The average molecular weight is 278 g/mol. The summed E-state index contributed by atoms with van der Waals surface area (Å²) in [5.41, 5.74) is 2.47. The number of rotatable bonds is 5. The molecule has 1 aromatic carbocycles. The van der Waals surface area contributed by atoms with Crippen LogP contribution in [0.3, 0.4) is 0 Å². The molecule has 2 rings (SSSR count). The molecule has 0 spiro atoms. The molecular weight excluding hydrogens is 260 g/mol. The van der Waals surface area contributed by atoms with E-state index in [9.17, 15) is 0 Å². The number of benzene rings is 1. The number of thioether (sulfide) groups is 1. The van der Waals surface area contributed by atoms with E-state index in [2.05, 4.69) is 48.4 Å². The Labute approximate surface area is 117 Å². The van der Waals surface area contributed by atoms with Crippen molar-refractivity contribution in [3.8, 4) is 0 Å². The van der Waals surface area contributed by atoms with Gasteiger partial charge in [0.15, 0.2) is 0 Å². The molecule has 18 heavy (non-hydrogen) atoms. The van der Waals surface area contributed by atoms with Crippen molar-refractivity contribution >= 4 is 23.1 Å². The first-order chi connectivity index (χ1) is 8.69. The molecule has 1 N–H and O–H groups in total. The summed E-state index contributed by atoms with van der Waals surface area (Å²) in [6.45, 7) is 5.13. The van der Waals surface area contributed by atoms with Gasteiger partial charge in [-0.05, 0) is 33.0 Å². The minimum Gasteiger partial charge on any atom is -0.315 e. The second kappa shape index (κ2) is 6.36. The van der Waals surface area contributed by atoms with E-state index in [1.165, 1.54) is 20.3 Å². The Morgan fingerprint density at radius 3 is 2.89 bits per heavy atom. The van der Waals surface area contributed by atoms with Crippen molar-refractivity contribution in [1.29, 1.82) is 0 Å². The largest absolute Gasteiger partial charge is 0.315 e. The average Bonchev–Trinajstić information content (AvgIpc) is 2.69. The van der Waals surface area contributed by atoms with Gasteiger partial charge in [0.2, 0.25) is 0 Å². The summed E-state index contributed by atoms with van der Waals surface area (Å²) in [6.07, 6.45) is 0. The fourth-order valence-electron chi connectivity index (χ4n) is 1.72. The molecule has 0 fully saturated rings. The predicted molar refractivity (Wildman–Crippen MR) is 80.4 cm³/mol. The second-order valence-corrected chi connectivity index (χ2v) is 6.47. The van der Waals surface area contributed by atoms with Gasteiger partial charge in [-0.2, -0.15) is 0 Å². The van der Waals surface area contributed by atoms with E-state index in [1.807, 2.05) is 30.1 Å². The van der Waals surface area contributed by atoms with Gasteiger partial charge in [0.25, 0.3) is 0 Å². The third-order valence-corrected chi connectivity index (χ3v) is 4.97. The van der Waals surface area contributed by atoms with Crippen molar-refractivity contribution in [3.05, 3.63) is 45.4 Å². The zero-order valence-electron chi connectivity index (χ0n) is 11.0. The number of nitrogens with one attached hydrogen (secondary N) is 1. The Morgan fingerprint density at radius 1 is 1.33 bits per heavy atom. The fraction of sp³-hybridized carbons (Fsp3) is 0.357. The van der Waals surface area contributed by atoms with E-state index in [-0.39, 0.29) is 0 Å². The van der Waals surface area contributed by atoms with Crippen molar-refractivity contribution in [2.75, 3.05) is 7.05 Å². The molecule has 0 aliphatic heterocycles. The third kappa shape index (κ3) is 3.57. The van der Waals surface area contributed by atoms with Crippen LogP contribution in [-0.2, 0) is 12.3 Å². The van der Waals surface area contributed by atoms with Gasteiger partial charge in [-0.1, -0.05) is 17.7 Å².